The van der Waals surface area contributed by atoms with Gasteiger partial charge in [-0.25, -0.2) is 0 Å². The van der Waals surface area contributed by atoms with E-state index in [4.69, 9.17) is 10.5 Å². The van der Waals surface area contributed by atoms with Crippen LogP contribution in [0.5, 0.6) is 5.88 Å². The highest BCUT2D eigenvalue weighted by Gasteiger charge is 2.15. The Labute approximate surface area is 80.9 Å². The maximum atomic E-state index is 11.5. The van der Waals surface area contributed by atoms with Gasteiger partial charge in [-0.05, 0) is 13.8 Å². The predicted molar refractivity (Wildman–Crippen MR) is 52.6 cm³/mol. The number of ketones is 1. The topological polar surface area (TPSA) is 85.2 Å². The number of anilines is 1. The van der Waals surface area contributed by atoms with Crippen LogP contribution in [0.15, 0.2) is 11.0 Å². The van der Waals surface area contributed by atoms with Crippen molar-refractivity contribution >= 4 is 11.5 Å². The van der Waals surface area contributed by atoms with Gasteiger partial charge in [0, 0.05) is 6.20 Å². The van der Waals surface area contributed by atoms with E-state index in [-0.39, 0.29) is 22.9 Å². The SMILES string of the molecule is CCOc1[nH]cc(N)c(=O)c1C(C)=O. The van der Waals surface area contributed by atoms with Gasteiger partial charge in [0.1, 0.15) is 5.56 Å². The van der Waals surface area contributed by atoms with Crippen molar-refractivity contribution in [3.05, 3.63) is 22.0 Å². The molecule has 0 saturated heterocycles. The van der Waals surface area contributed by atoms with Gasteiger partial charge < -0.3 is 15.5 Å². The van der Waals surface area contributed by atoms with Crippen LogP contribution in [0.4, 0.5) is 5.69 Å². The quantitative estimate of drug-likeness (QED) is 0.691. The summed E-state index contributed by atoms with van der Waals surface area (Å²) in [5.41, 5.74) is 4.88. The van der Waals surface area contributed by atoms with Crippen LogP contribution in [0, 0.1) is 0 Å². The summed E-state index contributed by atoms with van der Waals surface area (Å²) >= 11 is 0. The summed E-state index contributed by atoms with van der Waals surface area (Å²) in [7, 11) is 0. The number of aromatic amines is 1. The molecule has 5 nitrogen and oxygen atoms in total. The maximum absolute atomic E-state index is 11.5. The van der Waals surface area contributed by atoms with Crippen LogP contribution in [0.25, 0.3) is 0 Å². The second-order valence-electron chi connectivity index (χ2n) is 2.77. The normalized spacial score (nSPS) is 9.86. The third-order valence-corrected chi connectivity index (χ3v) is 1.72. The summed E-state index contributed by atoms with van der Waals surface area (Å²) < 4.78 is 5.10. The number of carbonyl (C=O) groups excluding carboxylic acids is 1. The Hall–Kier alpha value is -1.78. The molecule has 0 amide bonds. The minimum absolute atomic E-state index is 0.0126. The zero-order valence-electron chi connectivity index (χ0n) is 8.09. The standard InChI is InChI=1S/C9H12N2O3/c1-3-14-9-7(5(2)12)8(13)6(10)4-11-9/h4H,3,10H2,1-2H3,(H,11,13). The number of pyridine rings is 1. The zero-order valence-corrected chi connectivity index (χ0v) is 8.09. The van der Waals surface area contributed by atoms with E-state index in [2.05, 4.69) is 4.98 Å². The smallest absolute Gasteiger partial charge is 0.219 e. The number of ether oxygens (including phenoxy) is 1. The van der Waals surface area contributed by atoms with E-state index < -0.39 is 5.43 Å². The lowest BCUT2D eigenvalue weighted by Gasteiger charge is -2.07. The number of aromatic nitrogens is 1. The summed E-state index contributed by atoms with van der Waals surface area (Å²) in [6.07, 6.45) is 1.32. The molecule has 1 aromatic rings. The molecule has 0 bridgehead atoms. The molecule has 0 saturated carbocycles. The molecule has 76 valence electrons. The number of nitrogens with one attached hydrogen (secondary N) is 1. The third-order valence-electron chi connectivity index (χ3n) is 1.72. The van der Waals surface area contributed by atoms with Gasteiger partial charge in [0.15, 0.2) is 5.78 Å². The third kappa shape index (κ3) is 1.76. The van der Waals surface area contributed by atoms with Crippen molar-refractivity contribution in [2.45, 2.75) is 13.8 Å². The van der Waals surface area contributed by atoms with Crippen molar-refractivity contribution in [2.75, 3.05) is 12.3 Å². The molecular weight excluding hydrogens is 184 g/mol. The predicted octanol–water partition coefficient (Wildman–Crippen LogP) is 0.558. The fraction of sp³-hybridized carbons (Fsp3) is 0.333. The fourth-order valence-corrected chi connectivity index (χ4v) is 1.11. The van der Waals surface area contributed by atoms with Gasteiger partial charge in [-0.1, -0.05) is 0 Å². The van der Waals surface area contributed by atoms with Crippen LogP contribution in [-0.2, 0) is 0 Å². The van der Waals surface area contributed by atoms with Crippen molar-refractivity contribution in [1.29, 1.82) is 0 Å². The number of hydrogen-bond acceptors (Lipinski definition) is 4. The highest BCUT2D eigenvalue weighted by Crippen LogP contribution is 2.12. The molecule has 1 heterocycles. The summed E-state index contributed by atoms with van der Waals surface area (Å²) in [6.45, 7) is 3.44. The van der Waals surface area contributed by atoms with E-state index in [1.54, 1.807) is 6.92 Å². The van der Waals surface area contributed by atoms with Crippen LogP contribution < -0.4 is 15.9 Å². The Morgan fingerprint density at radius 1 is 1.64 bits per heavy atom. The molecule has 0 aromatic carbocycles. The molecule has 1 rings (SSSR count). The summed E-state index contributed by atoms with van der Waals surface area (Å²) in [5.74, 6) is -0.179. The first kappa shape index (κ1) is 10.3. The molecule has 0 aliphatic rings. The molecular formula is C9H12N2O3. The van der Waals surface area contributed by atoms with Gasteiger partial charge in [-0.2, -0.15) is 0 Å². The Kier molecular flexibility index (Phi) is 2.91. The van der Waals surface area contributed by atoms with Crippen LogP contribution >= 0.6 is 0 Å². The molecule has 0 aliphatic heterocycles. The van der Waals surface area contributed by atoms with Gasteiger partial charge in [0.05, 0.1) is 12.3 Å². The van der Waals surface area contributed by atoms with Gasteiger partial charge in [0.25, 0.3) is 0 Å². The zero-order chi connectivity index (χ0) is 10.7. The minimum atomic E-state index is -0.486. The van der Waals surface area contributed by atoms with E-state index in [0.29, 0.717) is 6.61 Å². The molecule has 0 aliphatic carbocycles. The monoisotopic (exact) mass is 196 g/mol. The number of carbonyl (C=O) groups is 1. The van der Waals surface area contributed by atoms with Crippen LogP contribution in [0.2, 0.25) is 0 Å². The first-order valence-electron chi connectivity index (χ1n) is 4.22. The minimum Gasteiger partial charge on any atom is -0.479 e. The van der Waals surface area contributed by atoms with Crippen LogP contribution in [0.3, 0.4) is 0 Å². The number of H-pyrrole nitrogens is 1. The lowest BCUT2D eigenvalue weighted by Crippen LogP contribution is -2.19. The molecule has 3 N–H and O–H groups in total. The lowest BCUT2D eigenvalue weighted by molar-refractivity contribution is 0.101. The number of nitrogen functional groups attached to an aromatic ring is 1. The Balaban J connectivity index is 3.38. The van der Waals surface area contributed by atoms with E-state index in [0.717, 1.165) is 0 Å². The highest BCUT2D eigenvalue weighted by atomic mass is 16.5. The van der Waals surface area contributed by atoms with Gasteiger partial charge >= 0.3 is 0 Å². The second kappa shape index (κ2) is 3.95. The number of hydrogen-bond donors (Lipinski definition) is 2. The molecule has 0 atom stereocenters. The average molecular weight is 196 g/mol. The first-order valence-corrected chi connectivity index (χ1v) is 4.22. The first-order chi connectivity index (χ1) is 6.57. The molecule has 0 spiro atoms. The summed E-state index contributed by atoms with van der Waals surface area (Å²) in [4.78, 5) is 25.3. The fourth-order valence-electron chi connectivity index (χ4n) is 1.11. The largest absolute Gasteiger partial charge is 0.479 e. The Bertz CT molecular complexity index is 409. The number of rotatable bonds is 3. The molecule has 5 heteroatoms. The molecule has 0 unspecified atom stereocenters. The molecule has 14 heavy (non-hydrogen) atoms. The average Bonchev–Trinajstić information content (AvgIpc) is 2.11. The summed E-state index contributed by atoms with van der Waals surface area (Å²) in [5, 5.41) is 0. The maximum Gasteiger partial charge on any atom is 0.219 e. The highest BCUT2D eigenvalue weighted by molar-refractivity contribution is 5.96. The molecule has 0 radical (unpaired) electrons. The molecule has 0 fully saturated rings. The Morgan fingerprint density at radius 3 is 2.79 bits per heavy atom. The number of Topliss-reactive ketones (excluding diaryl/α,β-unsaturated/α-hetero) is 1. The van der Waals surface area contributed by atoms with Crippen molar-refractivity contribution in [3.8, 4) is 5.88 Å². The van der Waals surface area contributed by atoms with Crippen LogP contribution in [0.1, 0.15) is 24.2 Å². The van der Waals surface area contributed by atoms with E-state index in [1.165, 1.54) is 13.1 Å². The van der Waals surface area contributed by atoms with Gasteiger partial charge in [-0.3, -0.25) is 9.59 Å². The van der Waals surface area contributed by atoms with Gasteiger partial charge in [0.2, 0.25) is 11.3 Å². The Morgan fingerprint density at radius 2 is 2.29 bits per heavy atom. The van der Waals surface area contributed by atoms with E-state index in [1.807, 2.05) is 0 Å². The van der Waals surface area contributed by atoms with Crippen molar-refractivity contribution in [2.24, 2.45) is 0 Å². The second-order valence-corrected chi connectivity index (χ2v) is 2.77. The van der Waals surface area contributed by atoms with E-state index in [9.17, 15) is 9.59 Å². The van der Waals surface area contributed by atoms with Crippen molar-refractivity contribution in [1.82, 2.24) is 4.98 Å². The lowest BCUT2D eigenvalue weighted by atomic mass is 10.2. The van der Waals surface area contributed by atoms with Crippen molar-refractivity contribution in [3.63, 3.8) is 0 Å². The van der Waals surface area contributed by atoms with E-state index >= 15 is 0 Å². The van der Waals surface area contributed by atoms with Gasteiger partial charge in [-0.15, -0.1) is 0 Å². The molecule has 1 aromatic heterocycles. The summed E-state index contributed by atoms with van der Waals surface area (Å²) in [6, 6.07) is 0. The van der Waals surface area contributed by atoms with Crippen molar-refractivity contribution < 1.29 is 9.53 Å². The van der Waals surface area contributed by atoms with Crippen LogP contribution in [-0.4, -0.2) is 17.4 Å². The number of nitrogens with two attached hydrogens (primary N) is 1.